The molecule has 134 valence electrons. The Kier molecular flexibility index (Phi) is 5.34. The molecule has 0 bridgehead atoms. The Morgan fingerprint density at radius 1 is 1.04 bits per heavy atom. The molecule has 0 saturated carbocycles. The van der Waals surface area contributed by atoms with E-state index in [2.05, 4.69) is 10.3 Å². The Bertz CT molecular complexity index is 905. The lowest BCUT2D eigenvalue weighted by Crippen LogP contribution is -2.50. The minimum atomic E-state index is -1.09. The predicted octanol–water partition coefficient (Wildman–Crippen LogP) is 1.85. The van der Waals surface area contributed by atoms with Gasteiger partial charge in [0.15, 0.2) is 0 Å². The summed E-state index contributed by atoms with van der Waals surface area (Å²) in [5.74, 6) is -1.56. The molecule has 0 aliphatic rings. The number of aliphatic carboxylic acids is 1. The highest BCUT2D eigenvalue weighted by Gasteiger charge is 2.24. The number of carboxylic acids is 1. The molecule has 1 aromatic heterocycles. The molecule has 0 radical (unpaired) electrons. The quantitative estimate of drug-likeness (QED) is 0.521. The van der Waals surface area contributed by atoms with Crippen LogP contribution in [0.1, 0.15) is 11.1 Å². The summed E-state index contributed by atoms with van der Waals surface area (Å²) in [7, 11) is 0. The van der Waals surface area contributed by atoms with E-state index in [9.17, 15) is 14.7 Å². The van der Waals surface area contributed by atoms with Gasteiger partial charge in [-0.25, -0.2) is 4.79 Å². The standard InChI is InChI=1S/C20H21N3O3/c21-16(10-13-6-2-1-3-7-13)19(24)23-18(20(25)26)11-14-12-22-17-9-5-4-8-15(14)17/h1-9,12,16,18,22H,10-11,21H2,(H,23,24)(H,25,26)/t16?,18-/m1/s1. The smallest absolute Gasteiger partial charge is 0.326 e. The normalized spacial score (nSPS) is 13.3. The van der Waals surface area contributed by atoms with Gasteiger partial charge in [0.05, 0.1) is 6.04 Å². The summed E-state index contributed by atoms with van der Waals surface area (Å²) >= 11 is 0. The van der Waals surface area contributed by atoms with Crippen molar-refractivity contribution in [2.75, 3.05) is 0 Å². The third-order valence-corrected chi connectivity index (χ3v) is 4.35. The highest BCUT2D eigenvalue weighted by atomic mass is 16.4. The maximum absolute atomic E-state index is 12.3. The number of hydrogen-bond donors (Lipinski definition) is 4. The summed E-state index contributed by atoms with van der Waals surface area (Å²) in [4.78, 5) is 27.1. The highest BCUT2D eigenvalue weighted by Crippen LogP contribution is 2.19. The molecule has 0 spiro atoms. The van der Waals surface area contributed by atoms with Crippen molar-refractivity contribution in [2.45, 2.75) is 24.9 Å². The van der Waals surface area contributed by atoms with Crippen molar-refractivity contribution in [2.24, 2.45) is 5.73 Å². The first-order valence-electron chi connectivity index (χ1n) is 8.42. The molecule has 0 aliphatic heterocycles. The SMILES string of the molecule is NC(Cc1ccccc1)C(=O)N[C@H](Cc1c[nH]c2ccccc12)C(=O)O. The molecule has 3 aromatic rings. The van der Waals surface area contributed by atoms with Gasteiger partial charge in [-0.05, 0) is 23.6 Å². The Morgan fingerprint density at radius 2 is 1.73 bits per heavy atom. The minimum absolute atomic E-state index is 0.184. The van der Waals surface area contributed by atoms with Crippen LogP contribution in [0.3, 0.4) is 0 Å². The van der Waals surface area contributed by atoms with Crippen LogP contribution < -0.4 is 11.1 Å². The summed E-state index contributed by atoms with van der Waals surface area (Å²) in [5.41, 5.74) is 8.65. The highest BCUT2D eigenvalue weighted by molar-refractivity contribution is 5.88. The third-order valence-electron chi connectivity index (χ3n) is 4.35. The molecular weight excluding hydrogens is 330 g/mol. The van der Waals surface area contributed by atoms with Crippen molar-refractivity contribution in [1.29, 1.82) is 0 Å². The van der Waals surface area contributed by atoms with Gasteiger partial charge in [0, 0.05) is 23.5 Å². The maximum Gasteiger partial charge on any atom is 0.326 e. The monoisotopic (exact) mass is 351 g/mol. The lowest BCUT2D eigenvalue weighted by molar-refractivity contribution is -0.141. The number of benzene rings is 2. The molecule has 6 nitrogen and oxygen atoms in total. The molecule has 5 N–H and O–H groups in total. The molecule has 0 saturated heterocycles. The lowest BCUT2D eigenvalue weighted by Gasteiger charge is -2.18. The number of hydrogen-bond acceptors (Lipinski definition) is 3. The molecule has 2 aromatic carbocycles. The molecule has 1 unspecified atom stereocenters. The van der Waals surface area contributed by atoms with Gasteiger partial charge in [-0.15, -0.1) is 0 Å². The summed E-state index contributed by atoms with van der Waals surface area (Å²) in [6, 6.07) is 15.2. The Morgan fingerprint density at radius 3 is 2.46 bits per heavy atom. The zero-order chi connectivity index (χ0) is 18.5. The minimum Gasteiger partial charge on any atom is -0.480 e. The van der Waals surface area contributed by atoms with E-state index in [0.29, 0.717) is 6.42 Å². The number of aromatic nitrogens is 1. The molecular formula is C20H21N3O3. The van der Waals surface area contributed by atoms with Crippen molar-refractivity contribution >= 4 is 22.8 Å². The first-order chi connectivity index (χ1) is 12.5. The van der Waals surface area contributed by atoms with Crippen LogP contribution in [0.2, 0.25) is 0 Å². The second kappa shape index (κ2) is 7.84. The van der Waals surface area contributed by atoms with E-state index >= 15 is 0 Å². The van der Waals surface area contributed by atoms with Crippen molar-refractivity contribution in [3.05, 3.63) is 71.9 Å². The van der Waals surface area contributed by atoms with Gasteiger partial charge >= 0.3 is 5.97 Å². The molecule has 0 aliphatic carbocycles. The summed E-state index contributed by atoms with van der Waals surface area (Å²) in [6.45, 7) is 0. The van der Waals surface area contributed by atoms with Crippen molar-refractivity contribution in [3.63, 3.8) is 0 Å². The molecule has 2 atom stereocenters. The largest absolute Gasteiger partial charge is 0.480 e. The van der Waals surface area contributed by atoms with E-state index in [1.165, 1.54) is 0 Å². The van der Waals surface area contributed by atoms with Gasteiger partial charge in [0.25, 0.3) is 0 Å². The number of nitrogens with two attached hydrogens (primary N) is 1. The fourth-order valence-electron chi connectivity index (χ4n) is 2.96. The number of carbonyl (C=O) groups is 2. The van der Waals surface area contributed by atoms with E-state index in [4.69, 9.17) is 5.73 Å². The number of aromatic amines is 1. The maximum atomic E-state index is 12.3. The van der Waals surface area contributed by atoms with Crippen molar-refractivity contribution in [1.82, 2.24) is 10.3 Å². The van der Waals surface area contributed by atoms with Gasteiger partial charge in [0.2, 0.25) is 5.91 Å². The average molecular weight is 351 g/mol. The van der Waals surface area contributed by atoms with E-state index in [1.807, 2.05) is 54.6 Å². The number of amides is 1. The van der Waals surface area contributed by atoms with Crippen LogP contribution in [0.5, 0.6) is 0 Å². The first kappa shape index (κ1) is 17.7. The van der Waals surface area contributed by atoms with Crippen LogP contribution in [0.15, 0.2) is 60.8 Å². The second-order valence-corrected chi connectivity index (χ2v) is 6.26. The van der Waals surface area contributed by atoms with Crippen LogP contribution in [0.4, 0.5) is 0 Å². The topological polar surface area (TPSA) is 108 Å². The number of nitrogens with one attached hydrogen (secondary N) is 2. The molecule has 26 heavy (non-hydrogen) atoms. The molecule has 1 amide bonds. The Labute approximate surface area is 151 Å². The third kappa shape index (κ3) is 4.10. The van der Waals surface area contributed by atoms with Gasteiger partial charge in [0.1, 0.15) is 6.04 Å². The Hall–Kier alpha value is -3.12. The zero-order valence-electron chi connectivity index (χ0n) is 14.2. The van der Waals surface area contributed by atoms with E-state index in [-0.39, 0.29) is 6.42 Å². The second-order valence-electron chi connectivity index (χ2n) is 6.26. The van der Waals surface area contributed by atoms with E-state index < -0.39 is 24.0 Å². The van der Waals surface area contributed by atoms with Crippen LogP contribution in [-0.4, -0.2) is 34.1 Å². The fourth-order valence-corrected chi connectivity index (χ4v) is 2.96. The molecule has 3 rings (SSSR count). The average Bonchev–Trinajstić information content (AvgIpc) is 3.05. The van der Waals surface area contributed by atoms with Gasteiger partial charge in [-0.2, -0.15) is 0 Å². The van der Waals surface area contributed by atoms with Gasteiger partial charge < -0.3 is 21.1 Å². The first-order valence-corrected chi connectivity index (χ1v) is 8.42. The van der Waals surface area contributed by atoms with Crippen LogP contribution in [-0.2, 0) is 22.4 Å². The molecule has 0 fully saturated rings. The predicted molar refractivity (Wildman–Crippen MR) is 99.7 cm³/mol. The number of para-hydroxylation sites is 1. The number of H-pyrrole nitrogens is 1. The number of carbonyl (C=O) groups excluding carboxylic acids is 1. The lowest BCUT2D eigenvalue weighted by atomic mass is 10.0. The van der Waals surface area contributed by atoms with Crippen LogP contribution >= 0.6 is 0 Å². The summed E-state index contributed by atoms with van der Waals surface area (Å²) in [5, 5.41) is 13.0. The summed E-state index contributed by atoms with van der Waals surface area (Å²) < 4.78 is 0. The number of fused-ring (bicyclic) bond motifs is 1. The van der Waals surface area contributed by atoms with Crippen molar-refractivity contribution in [3.8, 4) is 0 Å². The van der Waals surface area contributed by atoms with Crippen LogP contribution in [0.25, 0.3) is 10.9 Å². The van der Waals surface area contributed by atoms with E-state index in [1.54, 1.807) is 6.20 Å². The number of rotatable bonds is 7. The van der Waals surface area contributed by atoms with Crippen molar-refractivity contribution < 1.29 is 14.7 Å². The molecule has 6 heteroatoms. The number of carboxylic acid groups (broad SMARTS) is 1. The summed E-state index contributed by atoms with van der Waals surface area (Å²) in [6.07, 6.45) is 2.31. The van der Waals surface area contributed by atoms with Gasteiger partial charge in [-0.1, -0.05) is 48.5 Å². The molecule has 1 heterocycles. The van der Waals surface area contributed by atoms with Crippen LogP contribution in [0, 0.1) is 0 Å². The fraction of sp³-hybridized carbons (Fsp3) is 0.200. The zero-order valence-corrected chi connectivity index (χ0v) is 14.2. The van der Waals surface area contributed by atoms with E-state index in [0.717, 1.165) is 22.0 Å². The Balaban J connectivity index is 1.68. The van der Waals surface area contributed by atoms with Gasteiger partial charge in [-0.3, -0.25) is 4.79 Å².